The highest BCUT2D eigenvalue weighted by Crippen LogP contribution is 2.19. The number of carbonyl (C=O) groups is 1. The fourth-order valence-corrected chi connectivity index (χ4v) is 1.82. The van der Waals surface area contributed by atoms with Crippen LogP contribution in [0.1, 0.15) is 18.3 Å². The second-order valence-corrected chi connectivity index (χ2v) is 4.31. The average molecular weight is 292 g/mol. The summed E-state index contributed by atoms with van der Waals surface area (Å²) in [6, 6.07) is 3.39. The summed E-state index contributed by atoms with van der Waals surface area (Å²) in [5, 5.41) is 0. The van der Waals surface area contributed by atoms with Crippen LogP contribution in [-0.4, -0.2) is 22.1 Å². The molecule has 110 valence electrons. The van der Waals surface area contributed by atoms with Crippen LogP contribution in [0.25, 0.3) is 11.6 Å². The number of ether oxygens (including phenoxy) is 1. The summed E-state index contributed by atoms with van der Waals surface area (Å²) in [5.74, 6) is -2.11. The monoisotopic (exact) mass is 292 g/mol. The summed E-state index contributed by atoms with van der Waals surface area (Å²) in [6.07, 6.45) is 4.63. The minimum atomic E-state index is -0.980. The van der Waals surface area contributed by atoms with Gasteiger partial charge in [0.15, 0.2) is 11.6 Å². The van der Waals surface area contributed by atoms with Gasteiger partial charge in [0.1, 0.15) is 11.4 Å². The smallest absolute Gasteiger partial charge is 0.341 e. The first-order valence-electron chi connectivity index (χ1n) is 6.34. The molecular weight excluding hydrogens is 278 g/mol. The highest BCUT2D eigenvalue weighted by Gasteiger charge is 2.17. The van der Waals surface area contributed by atoms with Crippen LogP contribution >= 0.6 is 0 Å². The van der Waals surface area contributed by atoms with Crippen LogP contribution in [0, 0.1) is 11.6 Å². The number of aryl methyl sites for hydroxylation is 1. The van der Waals surface area contributed by atoms with Crippen LogP contribution in [0.4, 0.5) is 8.78 Å². The predicted octanol–water partition coefficient (Wildman–Crippen LogP) is 2.80. The van der Waals surface area contributed by atoms with E-state index in [1.165, 1.54) is 18.3 Å². The Hall–Kier alpha value is -2.50. The summed E-state index contributed by atoms with van der Waals surface area (Å²) in [4.78, 5) is 16.1. The lowest BCUT2D eigenvalue weighted by molar-refractivity contribution is -0.136. The Morgan fingerprint density at radius 3 is 2.71 bits per heavy atom. The molecule has 0 N–H and O–H groups in total. The Morgan fingerprint density at radius 2 is 2.14 bits per heavy atom. The molecule has 0 unspecified atom stereocenters. The number of halogens is 2. The number of aromatic nitrogens is 2. The number of carbonyl (C=O) groups excluding carboxylic acids is 1. The van der Waals surface area contributed by atoms with Crippen molar-refractivity contribution in [1.82, 2.24) is 9.55 Å². The molecule has 1 aromatic carbocycles. The molecule has 2 rings (SSSR count). The Kier molecular flexibility index (Phi) is 4.47. The van der Waals surface area contributed by atoms with Gasteiger partial charge in [-0.1, -0.05) is 6.07 Å². The van der Waals surface area contributed by atoms with Crippen molar-refractivity contribution >= 4 is 17.6 Å². The molecule has 0 bridgehead atoms. The first-order valence-corrected chi connectivity index (χ1v) is 6.34. The van der Waals surface area contributed by atoms with E-state index in [9.17, 15) is 13.6 Å². The zero-order valence-corrected chi connectivity index (χ0v) is 11.6. The topological polar surface area (TPSA) is 44.1 Å². The number of esters is 1. The fraction of sp³-hybridized carbons (Fsp3) is 0.200. The zero-order valence-electron chi connectivity index (χ0n) is 11.6. The summed E-state index contributed by atoms with van der Waals surface area (Å²) >= 11 is 0. The Bertz CT molecular complexity index is 693. The lowest BCUT2D eigenvalue weighted by Gasteiger charge is -2.07. The SMILES string of the molecule is CCOC(=O)C(=Cc1ccc(F)c(F)c1)c1nccn1C. The predicted molar refractivity (Wildman–Crippen MR) is 74.1 cm³/mol. The molecule has 0 amide bonds. The van der Waals surface area contributed by atoms with Gasteiger partial charge in [-0.3, -0.25) is 0 Å². The molecule has 1 aromatic heterocycles. The maximum absolute atomic E-state index is 13.3. The largest absolute Gasteiger partial charge is 0.462 e. The summed E-state index contributed by atoms with van der Waals surface area (Å²) in [7, 11) is 1.72. The van der Waals surface area contributed by atoms with E-state index < -0.39 is 17.6 Å². The summed E-state index contributed by atoms with van der Waals surface area (Å²) in [5.41, 5.74) is 0.523. The zero-order chi connectivity index (χ0) is 15.4. The first-order chi connectivity index (χ1) is 10.0. The minimum absolute atomic E-state index is 0.176. The van der Waals surface area contributed by atoms with Gasteiger partial charge in [0.05, 0.1) is 6.61 Å². The number of hydrogen-bond donors (Lipinski definition) is 0. The van der Waals surface area contributed by atoms with Gasteiger partial charge in [-0.25, -0.2) is 18.6 Å². The van der Waals surface area contributed by atoms with Gasteiger partial charge in [0.25, 0.3) is 0 Å². The molecule has 2 aromatic rings. The Balaban J connectivity index is 2.48. The van der Waals surface area contributed by atoms with Gasteiger partial charge in [-0.2, -0.15) is 0 Å². The highest BCUT2D eigenvalue weighted by atomic mass is 19.2. The molecule has 0 saturated carbocycles. The van der Waals surface area contributed by atoms with Crippen molar-refractivity contribution in [2.45, 2.75) is 6.92 Å². The van der Waals surface area contributed by atoms with E-state index in [4.69, 9.17) is 4.74 Å². The van der Waals surface area contributed by atoms with Crippen LogP contribution in [0.5, 0.6) is 0 Å². The molecule has 0 aliphatic carbocycles. The van der Waals surface area contributed by atoms with Gasteiger partial charge >= 0.3 is 5.97 Å². The van der Waals surface area contributed by atoms with Crippen molar-refractivity contribution < 1.29 is 18.3 Å². The van der Waals surface area contributed by atoms with E-state index in [1.807, 2.05) is 0 Å². The maximum atomic E-state index is 13.3. The lowest BCUT2D eigenvalue weighted by atomic mass is 10.1. The van der Waals surface area contributed by atoms with Crippen molar-refractivity contribution in [3.63, 3.8) is 0 Å². The van der Waals surface area contributed by atoms with Gasteiger partial charge in [0, 0.05) is 19.4 Å². The lowest BCUT2D eigenvalue weighted by Crippen LogP contribution is -2.10. The number of imidazole rings is 1. The number of nitrogens with zero attached hydrogens (tertiary/aromatic N) is 2. The molecule has 0 saturated heterocycles. The molecule has 0 fully saturated rings. The number of hydrogen-bond acceptors (Lipinski definition) is 3. The van der Waals surface area contributed by atoms with Crippen LogP contribution in [0.2, 0.25) is 0 Å². The van der Waals surface area contributed by atoms with E-state index in [0.717, 1.165) is 12.1 Å². The van der Waals surface area contributed by atoms with Crippen molar-refractivity contribution in [1.29, 1.82) is 0 Å². The van der Waals surface area contributed by atoms with E-state index in [-0.39, 0.29) is 12.2 Å². The molecule has 4 nitrogen and oxygen atoms in total. The minimum Gasteiger partial charge on any atom is -0.462 e. The molecule has 0 aliphatic rings. The third kappa shape index (κ3) is 3.34. The molecule has 0 radical (unpaired) electrons. The third-order valence-electron chi connectivity index (χ3n) is 2.81. The van der Waals surface area contributed by atoms with Crippen molar-refractivity contribution in [3.05, 3.63) is 53.6 Å². The van der Waals surface area contributed by atoms with Gasteiger partial charge in [0.2, 0.25) is 0 Å². The molecule has 6 heteroatoms. The fourth-order valence-electron chi connectivity index (χ4n) is 1.82. The van der Waals surface area contributed by atoms with Gasteiger partial charge in [-0.15, -0.1) is 0 Å². The van der Waals surface area contributed by atoms with Gasteiger partial charge in [-0.05, 0) is 30.7 Å². The van der Waals surface area contributed by atoms with Crippen molar-refractivity contribution in [2.75, 3.05) is 6.61 Å². The van der Waals surface area contributed by atoms with Crippen LogP contribution < -0.4 is 0 Å². The van der Waals surface area contributed by atoms with Crippen LogP contribution in [-0.2, 0) is 16.6 Å². The quantitative estimate of drug-likeness (QED) is 0.643. The number of rotatable bonds is 4. The molecule has 0 spiro atoms. The number of benzene rings is 1. The van der Waals surface area contributed by atoms with Crippen molar-refractivity contribution in [2.24, 2.45) is 7.05 Å². The van der Waals surface area contributed by atoms with Gasteiger partial charge < -0.3 is 9.30 Å². The normalized spacial score (nSPS) is 11.5. The first kappa shape index (κ1) is 14.9. The Morgan fingerprint density at radius 1 is 1.38 bits per heavy atom. The molecule has 0 atom stereocenters. The molecular formula is C15H14F2N2O2. The van der Waals surface area contributed by atoms with E-state index >= 15 is 0 Å². The van der Waals surface area contributed by atoms with E-state index in [1.54, 1.807) is 24.7 Å². The Labute approximate surface area is 120 Å². The third-order valence-corrected chi connectivity index (χ3v) is 2.81. The second-order valence-electron chi connectivity index (χ2n) is 4.31. The second kappa shape index (κ2) is 6.30. The highest BCUT2D eigenvalue weighted by molar-refractivity contribution is 6.20. The summed E-state index contributed by atoms with van der Waals surface area (Å²) < 4.78 is 32.8. The average Bonchev–Trinajstić information content (AvgIpc) is 2.86. The molecule has 21 heavy (non-hydrogen) atoms. The van der Waals surface area contributed by atoms with E-state index in [2.05, 4.69) is 4.98 Å². The van der Waals surface area contributed by atoms with Crippen LogP contribution in [0.15, 0.2) is 30.6 Å². The molecule has 1 heterocycles. The van der Waals surface area contributed by atoms with E-state index in [0.29, 0.717) is 11.4 Å². The van der Waals surface area contributed by atoms with Crippen molar-refractivity contribution in [3.8, 4) is 0 Å². The molecule has 0 aliphatic heterocycles. The standard InChI is InChI=1S/C15H14F2N2O2/c1-3-21-15(20)11(14-18-6-7-19(14)2)8-10-4-5-12(16)13(17)9-10/h4-9H,3H2,1-2H3. The van der Waals surface area contributed by atoms with Crippen LogP contribution in [0.3, 0.4) is 0 Å². The summed E-state index contributed by atoms with van der Waals surface area (Å²) in [6.45, 7) is 1.89. The maximum Gasteiger partial charge on any atom is 0.341 e.